The molecular formula is C14H17Br3N4. The van der Waals surface area contributed by atoms with Crippen LogP contribution in [0, 0.1) is 0 Å². The van der Waals surface area contributed by atoms with Gasteiger partial charge in [-0.3, -0.25) is 9.67 Å². The molecule has 0 aliphatic heterocycles. The second-order valence-corrected chi connectivity index (χ2v) is 7.23. The summed E-state index contributed by atoms with van der Waals surface area (Å²) >= 11 is 10.7. The molecule has 2 aromatic rings. The van der Waals surface area contributed by atoms with E-state index in [0.717, 1.165) is 44.3 Å². The highest BCUT2D eigenvalue weighted by Gasteiger charge is 2.24. The van der Waals surface area contributed by atoms with Crippen molar-refractivity contribution in [3.63, 3.8) is 0 Å². The van der Waals surface area contributed by atoms with E-state index in [4.69, 9.17) is 0 Å². The number of rotatable bonds is 6. The Balaban J connectivity index is 2.49. The van der Waals surface area contributed by atoms with Crippen LogP contribution in [-0.4, -0.2) is 21.3 Å². The van der Waals surface area contributed by atoms with Gasteiger partial charge in [0.2, 0.25) is 0 Å². The molecule has 0 bridgehead atoms. The van der Waals surface area contributed by atoms with Crippen molar-refractivity contribution in [3.05, 3.63) is 43.3 Å². The fourth-order valence-corrected chi connectivity index (χ4v) is 3.90. The highest BCUT2D eigenvalue weighted by molar-refractivity contribution is 9.11. The fraction of sp³-hybridized carbons (Fsp3) is 0.429. The summed E-state index contributed by atoms with van der Waals surface area (Å²) in [6.45, 7) is 5.97. The third-order valence-corrected chi connectivity index (χ3v) is 4.79. The van der Waals surface area contributed by atoms with Crippen LogP contribution < -0.4 is 5.32 Å². The Bertz CT molecular complexity index is 612. The summed E-state index contributed by atoms with van der Waals surface area (Å²) in [5.41, 5.74) is 2.06. The number of hydrogen-bond acceptors (Lipinski definition) is 3. The van der Waals surface area contributed by atoms with Gasteiger partial charge in [0.25, 0.3) is 0 Å². The maximum atomic E-state index is 4.59. The van der Waals surface area contributed by atoms with Crippen molar-refractivity contribution in [1.29, 1.82) is 0 Å². The number of nitrogens with one attached hydrogen (secondary N) is 1. The van der Waals surface area contributed by atoms with Crippen LogP contribution in [0.15, 0.2) is 31.9 Å². The van der Waals surface area contributed by atoms with Gasteiger partial charge in [-0.1, -0.05) is 6.92 Å². The van der Waals surface area contributed by atoms with Gasteiger partial charge >= 0.3 is 0 Å². The first-order valence-electron chi connectivity index (χ1n) is 6.84. The van der Waals surface area contributed by atoms with E-state index in [2.05, 4.69) is 77.0 Å². The lowest BCUT2D eigenvalue weighted by molar-refractivity contribution is 0.519. The molecule has 2 rings (SSSR count). The summed E-state index contributed by atoms with van der Waals surface area (Å²) in [6, 6.07) is 2.01. The van der Waals surface area contributed by atoms with Gasteiger partial charge < -0.3 is 5.32 Å². The Labute approximate surface area is 150 Å². The second kappa shape index (κ2) is 7.85. The van der Waals surface area contributed by atoms with Crippen LogP contribution in [0.5, 0.6) is 0 Å². The summed E-state index contributed by atoms with van der Waals surface area (Å²) < 4.78 is 4.92. The van der Waals surface area contributed by atoms with Crippen molar-refractivity contribution in [3.8, 4) is 0 Å². The standard InChI is InChI=1S/C14H17Br3N4/c1-3-5-18-13(12-10(16)6-9(15)7-19-12)14-11(17)8-20-21(14)4-2/h6-8,13,18H,3-5H2,1-2H3. The highest BCUT2D eigenvalue weighted by Crippen LogP contribution is 2.32. The highest BCUT2D eigenvalue weighted by atomic mass is 79.9. The molecule has 21 heavy (non-hydrogen) atoms. The van der Waals surface area contributed by atoms with Crippen LogP contribution in [0.1, 0.15) is 37.7 Å². The molecule has 114 valence electrons. The van der Waals surface area contributed by atoms with Crippen molar-refractivity contribution in [2.24, 2.45) is 0 Å². The van der Waals surface area contributed by atoms with Gasteiger partial charge in [-0.15, -0.1) is 0 Å². The Hall–Kier alpha value is -0.240. The molecule has 7 heteroatoms. The zero-order valence-corrected chi connectivity index (χ0v) is 16.7. The fourth-order valence-electron chi connectivity index (χ4n) is 2.16. The van der Waals surface area contributed by atoms with Gasteiger partial charge in [0.05, 0.1) is 28.1 Å². The normalized spacial score (nSPS) is 12.6. The minimum atomic E-state index is -0.00995. The zero-order chi connectivity index (χ0) is 15.4. The average Bonchev–Trinajstić information content (AvgIpc) is 2.82. The predicted molar refractivity (Wildman–Crippen MR) is 95.4 cm³/mol. The Kier molecular flexibility index (Phi) is 6.40. The molecule has 2 heterocycles. The van der Waals surface area contributed by atoms with E-state index in [1.54, 1.807) is 0 Å². The van der Waals surface area contributed by atoms with Crippen molar-refractivity contribution in [2.45, 2.75) is 32.9 Å². The molecule has 0 aliphatic rings. The maximum absolute atomic E-state index is 4.59. The smallest absolute Gasteiger partial charge is 0.0945 e. The Morgan fingerprint density at radius 1 is 1.19 bits per heavy atom. The maximum Gasteiger partial charge on any atom is 0.0945 e. The molecule has 0 amide bonds. The SMILES string of the molecule is CCCNC(c1ncc(Br)cc1Br)c1c(Br)cnn1CC. The van der Waals surface area contributed by atoms with Crippen LogP contribution in [0.3, 0.4) is 0 Å². The van der Waals surface area contributed by atoms with E-state index >= 15 is 0 Å². The number of halogens is 3. The van der Waals surface area contributed by atoms with E-state index < -0.39 is 0 Å². The molecule has 2 aromatic heterocycles. The minimum Gasteiger partial charge on any atom is -0.304 e. The minimum absolute atomic E-state index is 0.00995. The summed E-state index contributed by atoms with van der Waals surface area (Å²) in [4.78, 5) is 4.59. The van der Waals surface area contributed by atoms with E-state index in [1.807, 2.05) is 23.1 Å². The first-order chi connectivity index (χ1) is 10.1. The molecule has 4 nitrogen and oxygen atoms in total. The van der Waals surface area contributed by atoms with Crippen LogP contribution in [0.4, 0.5) is 0 Å². The van der Waals surface area contributed by atoms with E-state index in [9.17, 15) is 0 Å². The lowest BCUT2D eigenvalue weighted by Crippen LogP contribution is -2.27. The molecule has 0 radical (unpaired) electrons. The molecule has 1 unspecified atom stereocenters. The van der Waals surface area contributed by atoms with Gasteiger partial charge in [0.15, 0.2) is 0 Å². The Morgan fingerprint density at radius 2 is 1.95 bits per heavy atom. The van der Waals surface area contributed by atoms with Crippen LogP contribution in [0.2, 0.25) is 0 Å². The number of pyridine rings is 1. The summed E-state index contributed by atoms with van der Waals surface area (Å²) in [6.07, 6.45) is 4.72. The van der Waals surface area contributed by atoms with E-state index in [-0.39, 0.29) is 6.04 Å². The molecule has 0 saturated heterocycles. The van der Waals surface area contributed by atoms with Crippen molar-refractivity contribution < 1.29 is 0 Å². The summed E-state index contributed by atoms with van der Waals surface area (Å²) in [7, 11) is 0. The van der Waals surface area contributed by atoms with Gasteiger partial charge in [-0.05, 0) is 73.7 Å². The first-order valence-corrected chi connectivity index (χ1v) is 9.21. The molecule has 0 aliphatic carbocycles. The first kappa shape index (κ1) is 17.1. The lowest BCUT2D eigenvalue weighted by Gasteiger charge is -2.21. The van der Waals surface area contributed by atoms with Crippen LogP contribution in [-0.2, 0) is 6.54 Å². The van der Waals surface area contributed by atoms with Gasteiger partial charge in [0, 0.05) is 21.7 Å². The third kappa shape index (κ3) is 3.94. The number of aryl methyl sites for hydroxylation is 1. The molecule has 1 atom stereocenters. The Morgan fingerprint density at radius 3 is 2.57 bits per heavy atom. The second-order valence-electron chi connectivity index (χ2n) is 4.60. The average molecular weight is 481 g/mol. The molecule has 0 spiro atoms. The number of aromatic nitrogens is 3. The molecule has 1 N–H and O–H groups in total. The topological polar surface area (TPSA) is 42.7 Å². The largest absolute Gasteiger partial charge is 0.304 e. The molecular weight excluding hydrogens is 464 g/mol. The molecule has 0 saturated carbocycles. The number of hydrogen-bond donors (Lipinski definition) is 1. The van der Waals surface area contributed by atoms with Crippen LogP contribution in [0.25, 0.3) is 0 Å². The zero-order valence-electron chi connectivity index (χ0n) is 11.9. The summed E-state index contributed by atoms with van der Waals surface area (Å²) in [5.74, 6) is 0. The third-order valence-electron chi connectivity index (χ3n) is 3.11. The quantitative estimate of drug-likeness (QED) is 0.653. The van der Waals surface area contributed by atoms with Crippen molar-refractivity contribution >= 4 is 47.8 Å². The lowest BCUT2D eigenvalue weighted by atomic mass is 10.1. The van der Waals surface area contributed by atoms with Crippen LogP contribution >= 0.6 is 47.8 Å². The van der Waals surface area contributed by atoms with E-state index in [1.165, 1.54) is 0 Å². The molecule has 0 aromatic carbocycles. The molecule has 0 fully saturated rings. The monoisotopic (exact) mass is 478 g/mol. The van der Waals surface area contributed by atoms with Crippen molar-refractivity contribution in [1.82, 2.24) is 20.1 Å². The van der Waals surface area contributed by atoms with Gasteiger partial charge in [-0.2, -0.15) is 5.10 Å². The van der Waals surface area contributed by atoms with Gasteiger partial charge in [-0.25, -0.2) is 0 Å². The van der Waals surface area contributed by atoms with Crippen molar-refractivity contribution in [2.75, 3.05) is 6.54 Å². The van der Waals surface area contributed by atoms with E-state index in [0.29, 0.717) is 0 Å². The summed E-state index contributed by atoms with van der Waals surface area (Å²) in [5, 5.41) is 7.98. The number of nitrogens with zero attached hydrogens (tertiary/aromatic N) is 3. The predicted octanol–water partition coefficient (Wildman–Crippen LogP) is 4.67. The van der Waals surface area contributed by atoms with Gasteiger partial charge in [0.1, 0.15) is 0 Å².